The second-order valence-electron chi connectivity index (χ2n) is 4.33. The average molecular weight is 268 g/mol. The lowest BCUT2D eigenvalue weighted by Crippen LogP contribution is -2.15. The van der Waals surface area contributed by atoms with Crippen LogP contribution < -0.4 is 11.4 Å². The van der Waals surface area contributed by atoms with E-state index in [4.69, 9.17) is 11.1 Å². The molecule has 4 N–H and O–H groups in total. The number of nitrogens with zero attached hydrogens (tertiary/aromatic N) is 3. The maximum absolute atomic E-state index is 12.2. The van der Waals surface area contributed by atoms with Gasteiger partial charge in [-0.2, -0.15) is 0 Å². The number of aryl methyl sites for hydroxylation is 1. The van der Waals surface area contributed by atoms with Crippen LogP contribution in [0.2, 0.25) is 0 Å². The van der Waals surface area contributed by atoms with Crippen molar-refractivity contribution in [2.45, 2.75) is 6.92 Å². The Balaban J connectivity index is 2.43. The van der Waals surface area contributed by atoms with Gasteiger partial charge in [-0.25, -0.2) is 19.3 Å². The Bertz CT molecular complexity index is 862. The molecule has 0 fully saturated rings. The number of H-pyrrole nitrogens is 1. The van der Waals surface area contributed by atoms with Crippen molar-refractivity contribution >= 4 is 17.0 Å². The van der Waals surface area contributed by atoms with Gasteiger partial charge in [0.05, 0.1) is 5.69 Å². The number of aromatic amines is 1. The zero-order valence-corrected chi connectivity index (χ0v) is 10.7. The number of nitrogen functional groups attached to an aromatic ring is 1. The van der Waals surface area contributed by atoms with Crippen LogP contribution in [0.15, 0.2) is 35.1 Å². The molecule has 0 saturated carbocycles. The van der Waals surface area contributed by atoms with Crippen molar-refractivity contribution in [1.29, 1.82) is 5.41 Å². The van der Waals surface area contributed by atoms with Gasteiger partial charge in [-0.3, -0.25) is 5.41 Å². The largest absolute Gasteiger partial charge is 0.382 e. The van der Waals surface area contributed by atoms with Crippen LogP contribution >= 0.6 is 0 Å². The Labute approximate surface area is 113 Å². The van der Waals surface area contributed by atoms with Crippen LogP contribution in [0.4, 0.5) is 0 Å². The minimum Gasteiger partial charge on any atom is -0.382 e. The third kappa shape index (κ3) is 1.76. The van der Waals surface area contributed by atoms with Gasteiger partial charge in [0.25, 0.3) is 0 Å². The molecule has 7 heteroatoms. The van der Waals surface area contributed by atoms with Gasteiger partial charge in [0.2, 0.25) is 0 Å². The zero-order valence-electron chi connectivity index (χ0n) is 10.7. The first-order valence-electron chi connectivity index (χ1n) is 5.97. The number of amidine groups is 1. The molecule has 100 valence electrons. The molecule has 3 aromatic rings. The monoisotopic (exact) mass is 268 g/mol. The first-order chi connectivity index (χ1) is 9.58. The van der Waals surface area contributed by atoms with Crippen LogP contribution in [-0.2, 0) is 0 Å². The number of rotatable bonds is 2. The molecular weight excluding hydrogens is 256 g/mol. The number of nitrogens with two attached hydrogens (primary N) is 1. The normalized spacial score (nSPS) is 10.8. The molecule has 0 amide bonds. The first kappa shape index (κ1) is 12.1. The SMILES string of the molecule is Cc1nc(C(=N)N)c2[nH]c(=O)n(-c3ccccc3)c2n1. The maximum atomic E-state index is 12.2. The van der Waals surface area contributed by atoms with Crippen molar-refractivity contribution < 1.29 is 0 Å². The van der Waals surface area contributed by atoms with Crippen molar-refractivity contribution in [2.75, 3.05) is 0 Å². The van der Waals surface area contributed by atoms with E-state index in [2.05, 4.69) is 15.0 Å². The Morgan fingerprint density at radius 3 is 2.65 bits per heavy atom. The van der Waals surface area contributed by atoms with Crippen LogP contribution in [0.1, 0.15) is 11.5 Å². The molecule has 2 aromatic heterocycles. The van der Waals surface area contributed by atoms with E-state index in [0.29, 0.717) is 22.7 Å². The average Bonchev–Trinajstić information content (AvgIpc) is 2.74. The highest BCUT2D eigenvalue weighted by Crippen LogP contribution is 2.15. The number of hydrogen-bond acceptors (Lipinski definition) is 4. The Morgan fingerprint density at radius 1 is 1.30 bits per heavy atom. The topological polar surface area (TPSA) is 113 Å². The Morgan fingerprint density at radius 2 is 2.00 bits per heavy atom. The summed E-state index contributed by atoms with van der Waals surface area (Å²) in [4.78, 5) is 23.2. The van der Waals surface area contributed by atoms with E-state index in [9.17, 15) is 4.79 Å². The van der Waals surface area contributed by atoms with Gasteiger partial charge in [-0.15, -0.1) is 0 Å². The van der Waals surface area contributed by atoms with Gasteiger partial charge < -0.3 is 10.7 Å². The summed E-state index contributed by atoms with van der Waals surface area (Å²) in [5.74, 6) is 0.244. The number of imidazole rings is 1. The molecular formula is C13H12N6O. The third-order valence-electron chi connectivity index (χ3n) is 2.92. The van der Waals surface area contributed by atoms with Crippen LogP contribution in [0.25, 0.3) is 16.9 Å². The lowest BCUT2D eigenvalue weighted by atomic mass is 10.3. The molecule has 2 heterocycles. The molecule has 0 saturated heterocycles. The van der Waals surface area contributed by atoms with Gasteiger partial charge in [0.1, 0.15) is 22.9 Å². The van der Waals surface area contributed by atoms with E-state index in [1.165, 1.54) is 4.57 Å². The fourth-order valence-corrected chi connectivity index (χ4v) is 2.11. The highest BCUT2D eigenvalue weighted by Gasteiger charge is 2.16. The molecule has 0 atom stereocenters. The van der Waals surface area contributed by atoms with E-state index in [1.54, 1.807) is 19.1 Å². The molecule has 3 rings (SSSR count). The molecule has 0 aliphatic rings. The smallest absolute Gasteiger partial charge is 0.332 e. The van der Waals surface area contributed by atoms with Crippen LogP contribution in [0.5, 0.6) is 0 Å². The number of nitrogens with one attached hydrogen (secondary N) is 2. The molecule has 1 aromatic carbocycles. The number of fused-ring (bicyclic) bond motifs is 1. The van der Waals surface area contributed by atoms with Crippen molar-refractivity contribution in [1.82, 2.24) is 19.5 Å². The molecule has 20 heavy (non-hydrogen) atoms. The first-order valence-corrected chi connectivity index (χ1v) is 5.97. The standard InChI is InChI=1S/C13H12N6O/c1-7-16-9(11(14)15)10-12(17-7)19(13(20)18-10)8-5-3-2-4-6-8/h2-6H,1H3,(H3,14,15)(H,18,20). The number of hydrogen-bond donors (Lipinski definition) is 3. The maximum Gasteiger partial charge on any atom is 0.332 e. The third-order valence-corrected chi connectivity index (χ3v) is 2.92. The molecule has 0 bridgehead atoms. The predicted octanol–water partition coefficient (Wildman–Crippen LogP) is 0.701. The van der Waals surface area contributed by atoms with Crippen molar-refractivity contribution in [3.05, 3.63) is 52.3 Å². The predicted molar refractivity (Wildman–Crippen MR) is 75.2 cm³/mol. The molecule has 0 unspecified atom stereocenters. The molecule has 7 nitrogen and oxygen atoms in total. The highest BCUT2D eigenvalue weighted by molar-refractivity contribution is 6.02. The molecule has 0 spiro atoms. The van der Waals surface area contributed by atoms with Crippen LogP contribution in [0, 0.1) is 12.3 Å². The van der Waals surface area contributed by atoms with Gasteiger partial charge in [0.15, 0.2) is 5.65 Å². The summed E-state index contributed by atoms with van der Waals surface area (Å²) in [5, 5.41) is 7.55. The van der Waals surface area contributed by atoms with E-state index >= 15 is 0 Å². The van der Waals surface area contributed by atoms with Gasteiger partial charge in [-0.1, -0.05) is 18.2 Å². The minimum absolute atomic E-state index is 0.207. The summed E-state index contributed by atoms with van der Waals surface area (Å²) in [6.45, 7) is 1.69. The summed E-state index contributed by atoms with van der Waals surface area (Å²) in [6, 6.07) is 9.14. The summed E-state index contributed by atoms with van der Waals surface area (Å²) in [5.41, 5.74) is 6.88. The van der Waals surface area contributed by atoms with E-state index < -0.39 is 0 Å². The van der Waals surface area contributed by atoms with Crippen molar-refractivity contribution in [2.24, 2.45) is 5.73 Å². The number of para-hydroxylation sites is 1. The second-order valence-corrected chi connectivity index (χ2v) is 4.33. The van der Waals surface area contributed by atoms with Gasteiger partial charge >= 0.3 is 5.69 Å². The fourth-order valence-electron chi connectivity index (χ4n) is 2.11. The molecule has 0 aliphatic carbocycles. The molecule has 0 radical (unpaired) electrons. The van der Waals surface area contributed by atoms with Gasteiger partial charge in [-0.05, 0) is 19.1 Å². The summed E-state index contributed by atoms with van der Waals surface area (Å²) >= 11 is 0. The number of aromatic nitrogens is 4. The lowest BCUT2D eigenvalue weighted by Gasteiger charge is -2.04. The second kappa shape index (κ2) is 4.30. The Kier molecular flexibility index (Phi) is 2.60. The van der Waals surface area contributed by atoms with E-state index in [1.807, 2.05) is 18.2 Å². The zero-order chi connectivity index (χ0) is 14.3. The summed E-state index contributed by atoms with van der Waals surface area (Å²) in [7, 11) is 0. The van der Waals surface area contributed by atoms with Crippen LogP contribution in [-0.4, -0.2) is 25.4 Å². The van der Waals surface area contributed by atoms with Crippen molar-refractivity contribution in [3.63, 3.8) is 0 Å². The fraction of sp³-hybridized carbons (Fsp3) is 0.0769. The number of benzene rings is 1. The summed E-state index contributed by atoms with van der Waals surface area (Å²) in [6.07, 6.45) is 0. The van der Waals surface area contributed by atoms with E-state index in [-0.39, 0.29) is 17.2 Å². The van der Waals surface area contributed by atoms with Crippen LogP contribution in [0.3, 0.4) is 0 Å². The highest BCUT2D eigenvalue weighted by atomic mass is 16.1. The molecule has 0 aliphatic heterocycles. The van der Waals surface area contributed by atoms with Gasteiger partial charge in [0, 0.05) is 0 Å². The quantitative estimate of drug-likeness (QED) is 0.469. The van der Waals surface area contributed by atoms with E-state index in [0.717, 1.165) is 0 Å². The van der Waals surface area contributed by atoms with Crippen molar-refractivity contribution in [3.8, 4) is 5.69 Å². The Hall–Kier alpha value is -2.96. The lowest BCUT2D eigenvalue weighted by molar-refractivity contribution is 0.983. The minimum atomic E-state index is -0.339. The summed E-state index contributed by atoms with van der Waals surface area (Å²) < 4.78 is 1.44.